The number of carbonyl (C=O) groups excluding carboxylic acids is 1. The summed E-state index contributed by atoms with van der Waals surface area (Å²) in [6.45, 7) is 0.290. The molecule has 0 aliphatic rings. The van der Waals surface area contributed by atoms with Gasteiger partial charge in [-0.15, -0.1) is 0 Å². The number of hydrogen-bond donors (Lipinski definition) is 1. The van der Waals surface area contributed by atoms with Gasteiger partial charge in [-0.1, -0.05) is 18.2 Å². The zero-order chi connectivity index (χ0) is 13.4. The van der Waals surface area contributed by atoms with Gasteiger partial charge in [-0.25, -0.2) is 8.42 Å². The van der Waals surface area contributed by atoms with Crippen LogP contribution in [0.3, 0.4) is 0 Å². The molecule has 5 nitrogen and oxygen atoms in total. The van der Waals surface area contributed by atoms with Crippen LogP contribution in [-0.2, 0) is 19.4 Å². The van der Waals surface area contributed by atoms with E-state index >= 15 is 0 Å². The highest BCUT2D eigenvalue weighted by Gasteiger charge is 2.14. The SMILES string of the molecule is NCCCC(=O)OCCS(=O)(=O)c1ccccc1. The molecule has 0 radical (unpaired) electrons. The van der Waals surface area contributed by atoms with Crippen LogP contribution in [0.2, 0.25) is 0 Å². The van der Waals surface area contributed by atoms with Gasteiger partial charge in [0.25, 0.3) is 0 Å². The number of ether oxygens (including phenoxy) is 1. The van der Waals surface area contributed by atoms with Gasteiger partial charge in [0.2, 0.25) is 0 Å². The van der Waals surface area contributed by atoms with Crippen molar-refractivity contribution >= 4 is 15.8 Å². The van der Waals surface area contributed by atoms with E-state index in [-0.39, 0.29) is 23.7 Å². The number of sulfone groups is 1. The van der Waals surface area contributed by atoms with Gasteiger partial charge in [0.05, 0.1) is 10.6 Å². The molecular formula is C12H17NO4S. The second-order valence-electron chi connectivity index (χ2n) is 3.74. The van der Waals surface area contributed by atoms with Crippen LogP contribution in [0.4, 0.5) is 0 Å². The minimum atomic E-state index is -3.38. The van der Waals surface area contributed by atoms with Crippen molar-refractivity contribution in [1.29, 1.82) is 0 Å². The van der Waals surface area contributed by atoms with Crippen LogP contribution in [0, 0.1) is 0 Å². The highest BCUT2D eigenvalue weighted by Crippen LogP contribution is 2.09. The maximum absolute atomic E-state index is 11.8. The molecule has 0 aliphatic heterocycles. The summed E-state index contributed by atoms with van der Waals surface area (Å²) in [5.74, 6) is -0.616. The van der Waals surface area contributed by atoms with Crippen molar-refractivity contribution in [2.45, 2.75) is 17.7 Å². The van der Waals surface area contributed by atoms with E-state index in [9.17, 15) is 13.2 Å². The Labute approximate surface area is 107 Å². The second-order valence-corrected chi connectivity index (χ2v) is 5.85. The molecule has 0 saturated heterocycles. The summed E-state index contributed by atoms with van der Waals surface area (Å²) in [4.78, 5) is 11.4. The number of nitrogens with two attached hydrogens (primary N) is 1. The summed E-state index contributed by atoms with van der Waals surface area (Å²) in [7, 11) is -3.38. The van der Waals surface area contributed by atoms with E-state index in [2.05, 4.69) is 0 Å². The van der Waals surface area contributed by atoms with Gasteiger partial charge in [-0.2, -0.15) is 0 Å². The monoisotopic (exact) mass is 271 g/mol. The molecule has 0 fully saturated rings. The third-order valence-electron chi connectivity index (χ3n) is 2.30. The van der Waals surface area contributed by atoms with Gasteiger partial charge < -0.3 is 10.5 Å². The van der Waals surface area contributed by atoms with Gasteiger partial charge in [0.1, 0.15) is 6.61 Å². The smallest absolute Gasteiger partial charge is 0.305 e. The fourth-order valence-corrected chi connectivity index (χ4v) is 2.44. The Bertz CT molecular complexity index is 470. The van der Waals surface area contributed by atoms with Gasteiger partial charge in [0.15, 0.2) is 9.84 Å². The van der Waals surface area contributed by atoms with Crippen molar-refractivity contribution in [2.75, 3.05) is 18.9 Å². The minimum Gasteiger partial charge on any atom is -0.465 e. The fraction of sp³-hybridized carbons (Fsp3) is 0.417. The second kappa shape index (κ2) is 7.13. The predicted molar refractivity (Wildman–Crippen MR) is 67.7 cm³/mol. The van der Waals surface area contributed by atoms with Gasteiger partial charge in [0, 0.05) is 6.42 Å². The Morgan fingerprint density at radius 3 is 2.50 bits per heavy atom. The average Bonchev–Trinajstić information content (AvgIpc) is 2.37. The summed E-state index contributed by atoms with van der Waals surface area (Å²) in [5, 5.41) is 0. The van der Waals surface area contributed by atoms with E-state index in [0.717, 1.165) is 0 Å². The summed E-state index contributed by atoms with van der Waals surface area (Å²) in [6.07, 6.45) is 0.770. The van der Waals surface area contributed by atoms with Crippen LogP contribution in [0.25, 0.3) is 0 Å². The molecule has 1 aromatic carbocycles. The largest absolute Gasteiger partial charge is 0.465 e. The van der Waals surface area contributed by atoms with Crippen molar-refractivity contribution in [3.05, 3.63) is 30.3 Å². The first-order valence-electron chi connectivity index (χ1n) is 5.70. The van der Waals surface area contributed by atoms with E-state index in [1.54, 1.807) is 18.2 Å². The molecule has 0 saturated carbocycles. The molecule has 2 N–H and O–H groups in total. The number of rotatable bonds is 7. The van der Waals surface area contributed by atoms with Crippen molar-refractivity contribution < 1.29 is 17.9 Å². The van der Waals surface area contributed by atoms with Gasteiger partial charge >= 0.3 is 5.97 Å². The quantitative estimate of drug-likeness (QED) is 0.739. The highest BCUT2D eigenvalue weighted by molar-refractivity contribution is 7.91. The normalized spacial score (nSPS) is 11.2. The lowest BCUT2D eigenvalue weighted by Crippen LogP contribution is -2.16. The molecule has 1 rings (SSSR count). The number of esters is 1. The lowest BCUT2D eigenvalue weighted by molar-refractivity contribution is -0.143. The van der Waals surface area contributed by atoms with Crippen LogP contribution < -0.4 is 5.73 Å². The number of benzene rings is 1. The predicted octanol–water partition coefficient (Wildman–Crippen LogP) is 0.742. The average molecular weight is 271 g/mol. The summed E-state index contributed by atoms with van der Waals surface area (Å²) < 4.78 is 28.5. The van der Waals surface area contributed by atoms with Crippen LogP contribution in [0.5, 0.6) is 0 Å². The van der Waals surface area contributed by atoms with Gasteiger partial charge in [-0.3, -0.25) is 4.79 Å². The van der Waals surface area contributed by atoms with Crippen LogP contribution in [0.15, 0.2) is 35.2 Å². The van der Waals surface area contributed by atoms with Crippen molar-refractivity contribution in [3.8, 4) is 0 Å². The Hall–Kier alpha value is -1.40. The Morgan fingerprint density at radius 1 is 1.22 bits per heavy atom. The molecule has 0 atom stereocenters. The van der Waals surface area contributed by atoms with E-state index < -0.39 is 15.8 Å². The lowest BCUT2D eigenvalue weighted by atomic mass is 10.3. The molecule has 0 aromatic heterocycles. The maximum atomic E-state index is 11.8. The fourth-order valence-electron chi connectivity index (χ4n) is 1.33. The first-order chi connectivity index (χ1) is 8.56. The van der Waals surface area contributed by atoms with Crippen LogP contribution >= 0.6 is 0 Å². The van der Waals surface area contributed by atoms with E-state index in [0.29, 0.717) is 13.0 Å². The van der Waals surface area contributed by atoms with Gasteiger partial charge in [-0.05, 0) is 25.1 Å². The Kier molecular flexibility index (Phi) is 5.80. The van der Waals surface area contributed by atoms with Crippen molar-refractivity contribution in [2.24, 2.45) is 5.73 Å². The molecule has 0 amide bonds. The Balaban J connectivity index is 2.42. The lowest BCUT2D eigenvalue weighted by Gasteiger charge is -2.05. The van der Waals surface area contributed by atoms with Crippen LogP contribution in [0.1, 0.15) is 12.8 Å². The maximum Gasteiger partial charge on any atom is 0.305 e. The molecule has 1 aromatic rings. The highest BCUT2D eigenvalue weighted by atomic mass is 32.2. The van der Waals surface area contributed by atoms with Crippen molar-refractivity contribution in [3.63, 3.8) is 0 Å². The summed E-state index contributed by atoms with van der Waals surface area (Å²) in [6, 6.07) is 8.09. The third-order valence-corrected chi connectivity index (χ3v) is 4.00. The molecule has 18 heavy (non-hydrogen) atoms. The third kappa shape index (κ3) is 4.85. The molecule has 0 bridgehead atoms. The zero-order valence-electron chi connectivity index (χ0n) is 10.0. The standard InChI is InChI=1S/C12H17NO4S/c13-8-4-7-12(14)17-9-10-18(15,16)11-5-2-1-3-6-11/h1-3,5-6H,4,7-10,13H2. The zero-order valence-corrected chi connectivity index (χ0v) is 10.9. The molecule has 0 unspecified atom stereocenters. The summed E-state index contributed by atoms with van der Waals surface area (Å²) >= 11 is 0. The van der Waals surface area contributed by atoms with Crippen molar-refractivity contribution in [1.82, 2.24) is 0 Å². The molecular weight excluding hydrogens is 254 g/mol. The minimum absolute atomic E-state index is 0.124. The molecule has 100 valence electrons. The number of hydrogen-bond acceptors (Lipinski definition) is 5. The molecule has 6 heteroatoms. The first-order valence-corrected chi connectivity index (χ1v) is 7.35. The molecule has 0 heterocycles. The first kappa shape index (κ1) is 14.7. The Morgan fingerprint density at radius 2 is 1.89 bits per heavy atom. The molecule has 0 aliphatic carbocycles. The molecule has 0 spiro atoms. The summed E-state index contributed by atoms with van der Waals surface area (Å²) in [5.41, 5.74) is 5.25. The topological polar surface area (TPSA) is 86.5 Å². The van der Waals surface area contributed by atoms with E-state index in [4.69, 9.17) is 10.5 Å². The number of carbonyl (C=O) groups is 1. The van der Waals surface area contributed by atoms with Crippen LogP contribution in [-0.4, -0.2) is 33.3 Å². The van der Waals surface area contributed by atoms with E-state index in [1.165, 1.54) is 12.1 Å². The van der Waals surface area contributed by atoms with E-state index in [1.807, 2.05) is 0 Å².